The summed E-state index contributed by atoms with van der Waals surface area (Å²) in [6, 6.07) is 0. The third-order valence-electron chi connectivity index (χ3n) is 3.05. The van der Waals surface area contributed by atoms with Gasteiger partial charge in [-0.2, -0.15) is 0 Å². The zero-order chi connectivity index (χ0) is 11.3. The van der Waals surface area contributed by atoms with Gasteiger partial charge in [-0.15, -0.1) is 0 Å². The average Bonchev–Trinajstić information content (AvgIpc) is 2.48. The third kappa shape index (κ3) is 3.47. The predicted octanol–water partition coefficient (Wildman–Crippen LogP) is 1.10. The Kier molecular flexibility index (Phi) is 4.54. The molecular formula is C11H21NO3. The van der Waals surface area contributed by atoms with Gasteiger partial charge in [0.1, 0.15) is 0 Å². The second-order valence-corrected chi connectivity index (χ2v) is 4.16. The summed E-state index contributed by atoms with van der Waals surface area (Å²) in [4.78, 5) is 11.1. The molecule has 0 aromatic rings. The van der Waals surface area contributed by atoms with Crippen molar-refractivity contribution in [3.8, 4) is 0 Å². The molecule has 0 aliphatic carbocycles. The smallest absolute Gasteiger partial charge is 0.307 e. The van der Waals surface area contributed by atoms with Crippen LogP contribution in [0.5, 0.6) is 0 Å². The van der Waals surface area contributed by atoms with Gasteiger partial charge in [-0.3, -0.25) is 4.79 Å². The highest BCUT2D eigenvalue weighted by Crippen LogP contribution is 2.24. The normalized spacial score (nSPS) is 30.5. The maximum Gasteiger partial charge on any atom is 0.307 e. The van der Waals surface area contributed by atoms with Crippen molar-refractivity contribution < 1.29 is 14.3 Å². The van der Waals surface area contributed by atoms with Crippen molar-refractivity contribution in [2.45, 2.75) is 45.3 Å². The van der Waals surface area contributed by atoms with E-state index < -0.39 is 0 Å². The minimum atomic E-state index is -0.139. The predicted molar refractivity (Wildman–Crippen MR) is 57.7 cm³/mol. The summed E-state index contributed by atoms with van der Waals surface area (Å²) >= 11 is 0. The Bertz CT molecular complexity index is 220. The number of carbonyl (C=O) groups excluding carboxylic acids is 1. The van der Waals surface area contributed by atoms with E-state index in [9.17, 15) is 4.79 Å². The van der Waals surface area contributed by atoms with Gasteiger partial charge < -0.3 is 14.8 Å². The Morgan fingerprint density at radius 3 is 2.93 bits per heavy atom. The van der Waals surface area contributed by atoms with E-state index in [0.29, 0.717) is 19.6 Å². The molecule has 1 aliphatic heterocycles. The summed E-state index contributed by atoms with van der Waals surface area (Å²) in [5.41, 5.74) is 0.00644. The summed E-state index contributed by atoms with van der Waals surface area (Å²) in [7, 11) is 0. The van der Waals surface area contributed by atoms with Crippen molar-refractivity contribution in [2.24, 2.45) is 0 Å². The highest BCUT2D eigenvalue weighted by atomic mass is 16.5. The molecule has 1 heterocycles. The molecule has 4 nitrogen and oxygen atoms in total. The van der Waals surface area contributed by atoms with Crippen LogP contribution in [-0.4, -0.2) is 37.4 Å². The summed E-state index contributed by atoms with van der Waals surface area (Å²) in [6.45, 7) is 7.92. The Morgan fingerprint density at radius 2 is 2.40 bits per heavy atom. The zero-order valence-electron chi connectivity index (χ0n) is 9.84. The van der Waals surface area contributed by atoms with E-state index in [4.69, 9.17) is 9.47 Å². The quantitative estimate of drug-likeness (QED) is 0.698. The fraction of sp³-hybridized carbons (Fsp3) is 0.909. The van der Waals surface area contributed by atoms with Crippen LogP contribution in [0.1, 0.15) is 33.6 Å². The number of hydrogen-bond donors (Lipinski definition) is 1. The summed E-state index contributed by atoms with van der Waals surface area (Å²) in [5, 5.41) is 3.37. The third-order valence-corrected chi connectivity index (χ3v) is 3.05. The van der Waals surface area contributed by atoms with Gasteiger partial charge in [0, 0.05) is 18.7 Å². The van der Waals surface area contributed by atoms with Gasteiger partial charge in [0.05, 0.1) is 19.1 Å². The molecule has 15 heavy (non-hydrogen) atoms. The Balaban J connectivity index is 2.22. The largest absolute Gasteiger partial charge is 0.466 e. The van der Waals surface area contributed by atoms with Crippen LogP contribution in [0.25, 0.3) is 0 Å². The van der Waals surface area contributed by atoms with Crippen LogP contribution in [-0.2, 0) is 14.3 Å². The van der Waals surface area contributed by atoms with Crippen LogP contribution in [0.15, 0.2) is 0 Å². The fourth-order valence-corrected chi connectivity index (χ4v) is 1.75. The minimum absolute atomic E-state index is 0.00644. The average molecular weight is 215 g/mol. The molecule has 1 fully saturated rings. The summed E-state index contributed by atoms with van der Waals surface area (Å²) in [5.74, 6) is -0.139. The van der Waals surface area contributed by atoms with Crippen LogP contribution in [0.2, 0.25) is 0 Å². The van der Waals surface area contributed by atoms with Gasteiger partial charge in [-0.25, -0.2) is 0 Å². The van der Waals surface area contributed by atoms with E-state index >= 15 is 0 Å². The molecule has 0 aromatic heterocycles. The lowest BCUT2D eigenvalue weighted by Crippen LogP contribution is -2.48. The molecule has 2 atom stereocenters. The molecule has 1 N–H and O–H groups in total. The van der Waals surface area contributed by atoms with Crippen molar-refractivity contribution in [3.63, 3.8) is 0 Å². The fourth-order valence-electron chi connectivity index (χ4n) is 1.75. The van der Waals surface area contributed by atoms with Crippen molar-refractivity contribution in [1.29, 1.82) is 0 Å². The molecule has 0 aromatic carbocycles. The van der Waals surface area contributed by atoms with Crippen LogP contribution >= 0.6 is 0 Å². The lowest BCUT2D eigenvalue weighted by Gasteiger charge is -2.28. The molecule has 0 radical (unpaired) electrons. The number of esters is 1. The van der Waals surface area contributed by atoms with Gasteiger partial charge in [-0.1, -0.05) is 0 Å². The molecule has 0 amide bonds. The minimum Gasteiger partial charge on any atom is -0.466 e. The maximum absolute atomic E-state index is 11.1. The van der Waals surface area contributed by atoms with Crippen molar-refractivity contribution in [2.75, 3.05) is 19.8 Å². The van der Waals surface area contributed by atoms with E-state index in [-0.39, 0.29) is 17.6 Å². The van der Waals surface area contributed by atoms with E-state index in [1.807, 2.05) is 6.92 Å². The number of ether oxygens (including phenoxy) is 2. The Morgan fingerprint density at radius 1 is 1.67 bits per heavy atom. The molecule has 0 unspecified atom stereocenters. The van der Waals surface area contributed by atoms with Gasteiger partial charge in [-0.05, 0) is 27.2 Å². The second-order valence-electron chi connectivity index (χ2n) is 4.16. The first kappa shape index (κ1) is 12.5. The number of carbonyl (C=O) groups is 1. The molecule has 1 saturated heterocycles. The number of hydrogen-bond acceptors (Lipinski definition) is 4. The van der Waals surface area contributed by atoms with E-state index in [0.717, 1.165) is 13.0 Å². The lowest BCUT2D eigenvalue weighted by molar-refractivity contribution is -0.143. The molecular weight excluding hydrogens is 194 g/mol. The van der Waals surface area contributed by atoms with Gasteiger partial charge in [0.15, 0.2) is 0 Å². The molecule has 0 spiro atoms. The van der Waals surface area contributed by atoms with E-state index in [1.54, 1.807) is 0 Å². The number of nitrogens with one attached hydrogen (secondary N) is 1. The maximum atomic E-state index is 11.1. The molecule has 0 bridgehead atoms. The first-order valence-electron chi connectivity index (χ1n) is 5.61. The first-order valence-corrected chi connectivity index (χ1v) is 5.61. The van der Waals surface area contributed by atoms with Gasteiger partial charge >= 0.3 is 5.97 Å². The highest BCUT2D eigenvalue weighted by molar-refractivity contribution is 5.69. The zero-order valence-corrected chi connectivity index (χ0v) is 9.84. The first-order chi connectivity index (χ1) is 7.08. The molecule has 1 aliphatic rings. The summed E-state index contributed by atoms with van der Waals surface area (Å²) < 4.78 is 10.4. The molecule has 4 heteroatoms. The van der Waals surface area contributed by atoms with Crippen molar-refractivity contribution in [1.82, 2.24) is 5.32 Å². The topological polar surface area (TPSA) is 47.6 Å². The Labute approximate surface area is 91.3 Å². The SMILES string of the molecule is CCOC(=O)CCN[C@]1(C)CCO[C@@H]1C. The van der Waals surface area contributed by atoms with Crippen molar-refractivity contribution in [3.05, 3.63) is 0 Å². The van der Waals surface area contributed by atoms with Crippen LogP contribution < -0.4 is 5.32 Å². The Hall–Kier alpha value is -0.610. The van der Waals surface area contributed by atoms with Crippen LogP contribution in [0, 0.1) is 0 Å². The number of rotatable bonds is 5. The van der Waals surface area contributed by atoms with Crippen LogP contribution in [0.4, 0.5) is 0 Å². The van der Waals surface area contributed by atoms with Crippen molar-refractivity contribution >= 4 is 5.97 Å². The van der Waals surface area contributed by atoms with Crippen LogP contribution in [0.3, 0.4) is 0 Å². The lowest BCUT2D eigenvalue weighted by atomic mass is 9.94. The van der Waals surface area contributed by atoms with Gasteiger partial charge in [0.25, 0.3) is 0 Å². The molecule has 88 valence electrons. The molecule has 0 saturated carbocycles. The van der Waals surface area contributed by atoms with E-state index in [1.165, 1.54) is 0 Å². The van der Waals surface area contributed by atoms with Gasteiger partial charge in [0.2, 0.25) is 0 Å². The second kappa shape index (κ2) is 5.47. The highest BCUT2D eigenvalue weighted by Gasteiger charge is 2.36. The summed E-state index contributed by atoms with van der Waals surface area (Å²) in [6.07, 6.45) is 1.63. The standard InChI is InChI=1S/C11H21NO3/c1-4-14-10(13)5-7-12-11(3)6-8-15-9(11)2/h9,12H,4-8H2,1-3H3/t9-,11-/m1/s1. The van der Waals surface area contributed by atoms with E-state index in [2.05, 4.69) is 19.2 Å². The molecule has 1 rings (SSSR count). The monoisotopic (exact) mass is 215 g/mol.